The van der Waals surface area contributed by atoms with Crippen molar-refractivity contribution in [3.05, 3.63) is 0 Å². The van der Waals surface area contributed by atoms with Crippen LogP contribution >= 0.6 is 11.8 Å². The van der Waals surface area contributed by atoms with Crippen LogP contribution in [0.1, 0.15) is 32.1 Å². The monoisotopic (exact) mass is 256 g/mol. The first kappa shape index (κ1) is 12.3. The van der Waals surface area contributed by atoms with Gasteiger partial charge in [0.2, 0.25) is 11.5 Å². The normalized spacial score (nSPS) is 24.7. The van der Waals surface area contributed by atoms with Crippen molar-refractivity contribution in [2.75, 3.05) is 5.75 Å². The molecule has 1 aliphatic carbocycles. The topological polar surface area (TPSA) is 89.4 Å². The average molecular weight is 256 g/mol. The van der Waals surface area contributed by atoms with Crippen LogP contribution < -0.4 is 5.73 Å². The van der Waals surface area contributed by atoms with E-state index in [1.54, 1.807) is 0 Å². The van der Waals surface area contributed by atoms with Gasteiger partial charge in [-0.2, -0.15) is 0 Å². The Morgan fingerprint density at radius 1 is 1.41 bits per heavy atom. The molecule has 0 radical (unpaired) electrons. The van der Waals surface area contributed by atoms with E-state index in [4.69, 9.17) is 10.5 Å². The van der Waals surface area contributed by atoms with Gasteiger partial charge in [0.05, 0.1) is 5.75 Å². The fourth-order valence-corrected chi connectivity index (χ4v) is 2.54. The molecule has 2 rings (SSSR count). The number of hydrogen-bond acceptors (Lipinski definition) is 7. The maximum Gasteiger partial charge on any atom is 0.316 e. The van der Waals surface area contributed by atoms with E-state index in [1.165, 1.54) is 18.2 Å². The zero-order valence-electron chi connectivity index (χ0n) is 9.54. The number of nitrogens with two attached hydrogens (primary N) is 1. The highest BCUT2D eigenvalue weighted by atomic mass is 32.2. The fraction of sp³-hybridized carbons (Fsp3) is 0.800. The second-order valence-corrected chi connectivity index (χ2v) is 5.13. The molecule has 0 amide bonds. The zero-order chi connectivity index (χ0) is 12.1. The Bertz CT molecular complexity index is 339. The van der Waals surface area contributed by atoms with E-state index in [0.717, 1.165) is 25.7 Å². The summed E-state index contributed by atoms with van der Waals surface area (Å²) in [4.78, 5) is 15.5. The van der Waals surface area contributed by atoms with Crippen molar-refractivity contribution in [2.24, 2.45) is 21.0 Å². The van der Waals surface area contributed by atoms with Crippen LogP contribution in [0.5, 0.6) is 0 Å². The average Bonchev–Trinajstić information content (AvgIpc) is 2.74. The lowest BCUT2D eigenvalue weighted by molar-refractivity contribution is -0.147. The molecule has 1 aliphatic heterocycles. The number of hydrogen-bond donors (Lipinski definition) is 1. The molecule has 6 nitrogen and oxygen atoms in total. The molecule has 2 aliphatic rings. The molecule has 94 valence electrons. The molecule has 0 bridgehead atoms. The van der Waals surface area contributed by atoms with Crippen molar-refractivity contribution >= 4 is 23.7 Å². The molecular weight excluding hydrogens is 240 g/mol. The summed E-state index contributed by atoms with van der Waals surface area (Å²) in [5.74, 6) is 0.220. The Morgan fingerprint density at radius 2 is 2.18 bits per heavy atom. The van der Waals surface area contributed by atoms with Gasteiger partial charge in [-0.1, -0.05) is 18.2 Å². The Morgan fingerprint density at radius 3 is 2.82 bits per heavy atom. The fourth-order valence-electron chi connectivity index (χ4n) is 1.89. The van der Waals surface area contributed by atoms with Gasteiger partial charge in [0.25, 0.3) is 0 Å². The van der Waals surface area contributed by atoms with Gasteiger partial charge in [0, 0.05) is 0 Å². The summed E-state index contributed by atoms with van der Waals surface area (Å²) in [7, 11) is 0. The van der Waals surface area contributed by atoms with Crippen molar-refractivity contribution < 1.29 is 9.53 Å². The van der Waals surface area contributed by atoms with Crippen molar-refractivity contribution in [3.8, 4) is 0 Å². The summed E-state index contributed by atoms with van der Waals surface area (Å²) >= 11 is 1.28. The van der Waals surface area contributed by atoms with E-state index in [2.05, 4.69) is 15.2 Å². The minimum Gasteiger partial charge on any atom is -0.462 e. The summed E-state index contributed by atoms with van der Waals surface area (Å²) in [5.41, 5.74) is 4.96. The van der Waals surface area contributed by atoms with Crippen LogP contribution in [0.15, 0.2) is 15.2 Å². The Balaban J connectivity index is 1.65. The van der Waals surface area contributed by atoms with Gasteiger partial charge in [-0.25, -0.2) is 4.99 Å². The molecule has 1 fully saturated rings. The minimum atomic E-state index is -0.381. The van der Waals surface area contributed by atoms with Crippen LogP contribution in [0.2, 0.25) is 0 Å². The molecule has 1 unspecified atom stereocenters. The molecule has 2 N–H and O–H groups in total. The van der Waals surface area contributed by atoms with E-state index in [9.17, 15) is 4.79 Å². The van der Waals surface area contributed by atoms with Crippen LogP contribution in [-0.2, 0) is 9.53 Å². The molecule has 1 atom stereocenters. The molecular formula is C10H16N4O2S. The second-order valence-electron chi connectivity index (χ2n) is 4.09. The number of aliphatic imine (C=N–C) groups is 1. The van der Waals surface area contributed by atoms with Crippen molar-refractivity contribution in [3.63, 3.8) is 0 Å². The van der Waals surface area contributed by atoms with Gasteiger partial charge in [0.1, 0.15) is 6.10 Å². The lowest BCUT2D eigenvalue weighted by Gasteiger charge is -2.21. The van der Waals surface area contributed by atoms with Crippen LogP contribution in [0, 0.1) is 0 Å². The third-order valence-corrected chi connectivity index (χ3v) is 3.60. The van der Waals surface area contributed by atoms with Gasteiger partial charge in [-0.3, -0.25) is 4.79 Å². The quantitative estimate of drug-likeness (QED) is 0.774. The summed E-state index contributed by atoms with van der Waals surface area (Å²) in [5, 5.41) is 7.38. The SMILES string of the molecule is NC1=NC(SCC(=O)OC2CCCCC2)N=N1. The van der Waals surface area contributed by atoms with Crippen molar-refractivity contribution in [1.82, 2.24) is 0 Å². The van der Waals surface area contributed by atoms with E-state index in [0.29, 0.717) is 0 Å². The zero-order valence-corrected chi connectivity index (χ0v) is 10.4. The van der Waals surface area contributed by atoms with Gasteiger partial charge >= 0.3 is 5.97 Å². The van der Waals surface area contributed by atoms with Crippen LogP contribution in [-0.4, -0.2) is 29.3 Å². The Hall–Kier alpha value is -1.11. The lowest BCUT2D eigenvalue weighted by atomic mass is 9.98. The largest absolute Gasteiger partial charge is 0.462 e. The van der Waals surface area contributed by atoms with Crippen LogP contribution in [0.3, 0.4) is 0 Å². The number of thioether (sulfide) groups is 1. The highest BCUT2D eigenvalue weighted by Gasteiger charge is 2.19. The molecule has 1 heterocycles. The maximum absolute atomic E-state index is 11.6. The number of carbonyl (C=O) groups is 1. The number of azo groups is 1. The summed E-state index contributed by atoms with van der Waals surface area (Å²) in [6.07, 6.45) is 5.65. The first-order valence-electron chi connectivity index (χ1n) is 5.79. The third kappa shape index (κ3) is 3.99. The Kier molecular flexibility index (Phi) is 4.36. The van der Waals surface area contributed by atoms with Gasteiger partial charge in [0.15, 0.2) is 0 Å². The molecule has 0 aromatic carbocycles. The molecule has 7 heteroatoms. The number of guanidine groups is 1. The summed E-state index contributed by atoms with van der Waals surface area (Å²) < 4.78 is 5.37. The molecule has 0 aromatic heterocycles. The van der Waals surface area contributed by atoms with Crippen LogP contribution in [0.25, 0.3) is 0 Å². The number of carbonyl (C=O) groups excluding carboxylic acids is 1. The van der Waals surface area contributed by atoms with Gasteiger partial charge in [-0.15, -0.1) is 10.2 Å². The Labute approximate surface area is 104 Å². The maximum atomic E-state index is 11.6. The van der Waals surface area contributed by atoms with E-state index in [-0.39, 0.29) is 29.3 Å². The first-order valence-corrected chi connectivity index (χ1v) is 6.84. The highest BCUT2D eigenvalue weighted by molar-refractivity contribution is 8.00. The standard InChI is InChI=1S/C10H16N4O2S/c11-9-12-10(14-13-9)17-6-8(15)16-7-4-2-1-3-5-7/h7,10H,1-6H2,(H2,11,12). The van der Waals surface area contributed by atoms with E-state index in [1.807, 2.05) is 0 Å². The number of ether oxygens (including phenoxy) is 1. The number of nitrogens with zero attached hydrogens (tertiary/aromatic N) is 3. The third-order valence-electron chi connectivity index (χ3n) is 2.70. The summed E-state index contributed by atoms with van der Waals surface area (Å²) in [6, 6.07) is 0. The first-order chi connectivity index (χ1) is 8.24. The molecule has 0 aromatic rings. The predicted octanol–water partition coefficient (Wildman–Crippen LogP) is 1.66. The van der Waals surface area contributed by atoms with Crippen LogP contribution in [0.4, 0.5) is 0 Å². The van der Waals surface area contributed by atoms with Crippen molar-refractivity contribution in [2.45, 2.75) is 43.7 Å². The predicted molar refractivity (Wildman–Crippen MR) is 65.7 cm³/mol. The number of rotatable bonds is 4. The summed E-state index contributed by atoms with van der Waals surface area (Å²) in [6.45, 7) is 0. The minimum absolute atomic E-state index is 0.107. The van der Waals surface area contributed by atoms with Gasteiger partial charge in [-0.05, 0) is 25.7 Å². The molecule has 17 heavy (non-hydrogen) atoms. The lowest BCUT2D eigenvalue weighted by Crippen LogP contribution is -2.22. The van der Waals surface area contributed by atoms with Crippen molar-refractivity contribution in [1.29, 1.82) is 0 Å². The molecule has 0 spiro atoms. The smallest absolute Gasteiger partial charge is 0.316 e. The number of esters is 1. The highest BCUT2D eigenvalue weighted by Crippen LogP contribution is 2.22. The second kappa shape index (κ2) is 6.00. The van der Waals surface area contributed by atoms with Gasteiger partial charge < -0.3 is 10.5 Å². The molecule has 0 saturated heterocycles. The van der Waals surface area contributed by atoms with E-state index >= 15 is 0 Å². The molecule has 1 saturated carbocycles. The van der Waals surface area contributed by atoms with E-state index < -0.39 is 0 Å².